The van der Waals surface area contributed by atoms with Gasteiger partial charge < -0.3 is 4.74 Å². The number of hydrogen-bond acceptors (Lipinski definition) is 3. The molecule has 1 aliphatic heterocycles. The Morgan fingerprint density at radius 1 is 1.33 bits per heavy atom. The summed E-state index contributed by atoms with van der Waals surface area (Å²) in [6.45, 7) is 4.61. The fraction of sp³-hybridized carbons (Fsp3) is 0.333. The van der Waals surface area contributed by atoms with E-state index < -0.39 is 0 Å². The molecule has 1 aliphatic rings. The first-order valence-corrected chi connectivity index (χ1v) is 7.33. The van der Waals surface area contributed by atoms with Gasteiger partial charge >= 0.3 is 0 Å². The van der Waals surface area contributed by atoms with Gasteiger partial charge in [0.15, 0.2) is 5.78 Å². The summed E-state index contributed by atoms with van der Waals surface area (Å²) < 4.78 is 5.65. The lowest BCUT2D eigenvalue weighted by molar-refractivity contribution is 0.0960. The Morgan fingerprint density at radius 3 is 2.95 bits per heavy atom. The van der Waals surface area contributed by atoms with Gasteiger partial charge in [0, 0.05) is 12.6 Å². The average Bonchev–Trinajstić information content (AvgIpc) is 2.47. The number of ketones is 1. The summed E-state index contributed by atoms with van der Waals surface area (Å²) in [5, 5.41) is 0. The van der Waals surface area contributed by atoms with Crippen molar-refractivity contribution in [2.75, 3.05) is 6.61 Å². The van der Waals surface area contributed by atoms with Crippen molar-refractivity contribution < 1.29 is 9.53 Å². The Hall–Kier alpha value is -2.16. The summed E-state index contributed by atoms with van der Waals surface area (Å²) in [6.07, 6.45) is 3.14. The van der Waals surface area contributed by atoms with Crippen LogP contribution in [0, 0.1) is 13.8 Å². The predicted octanol–water partition coefficient (Wildman–Crippen LogP) is 3.84. The van der Waals surface area contributed by atoms with Gasteiger partial charge in [0.2, 0.25) is 0 Å². The van der Waals surface area contributed by atoms with Gasteiger partial charge in [-0.2, -0.15) is 0 Å². The highest BCUT2D eigenvalue weighted by Gasteiger charge is 2.24. The first kappa shape index (κ1) is 13.8. The number of para-hydroxylation sites is 1. The van der Waals surface area contributed by atoms with E-state index in [9.17, 15) is 4.79 Å². The van der Waals surface area contributed by atoms with E-state index in [-0.39, 0.29) is 11.7 Å². The maximum atomic E-state index is 12.6. The lowest BCUT2D eigenvalue weighted by Crippen LogP contribution is -2.18. The van der Waals surface area contributed by atoms with Crippen LogP contribution >= 0.6 is 0 Å². The van der Waals surface area contributed by atoms with Gasteiger partial charge in [0.25, 0.3) is 0 Å². The van der Waals surface area contributed by atoms with Gasteiger partial charge in [-0.1, -0.05) is 24.3 Å². The summed E-state index contributed by atoms with van der Waals surface area (Å²) >= 11 is 0. The number of hydrogen-bond donors (Lipinski definition) is 0. The number of pyridine rings is 1. The van der Waals surface area contributed by atoms with Crippen molar-refractivity contribution >= 4 is 5.78 Å². The van der Waals surface area contributed by atoms with Crippen LogP contribution in [0.2, 0.25) is 0 Å². The fourth-order valence-corrected chi connectivity index (χ4v) is 2.96. The van der Waals surface area contributed by atoms with Crippen LogP contribution in [0.1, 0.15) is 45.9 Å². The molecule has 1 aromatic carbocycles. The molecular weight excluding hydrogens is 262 g/mol. The molecule has 0 saturated carbocycles. The van der Waals surface area contributed by atoms with Gasteiger partial charge in [0.05, 0.1) is 6.61 Å². The summed E-state index contributed by atoms with van der Waals surface area (Å²) in [7, 11) is 0. The molecule has 0 aliphatic carbocycles. The number of ether oxygens (including phenoxy) is 1. The van der Waals surface area contributed by atoms with Crippen LogP contribution in [0.3, 0.4) is 0 Å². The zero-order valence-corrected chi connectivity index (χ0v) is 12.4. The minimum atomic E-state index is 0.120. The van der Waals surface area contributed by atoms with Crippen LogP contribution < -0.4 is 4.74 Å². The molecule has 1 aromatic heterocycles. The van der Waals surface area contributed by atoms with Crippen molar-refractivity contribution in [3.63, 3.8) is 0 Å². The summed E-state index contributed by atoms with van der Waals surface area (Å²) in [5.41, 5.74) is 3.78. The molecule has 3 rings (SSSR count). The van der Waals surface area contributed by atoms with Crippen LogP contribution in [0.4, 0.5) is 0 Å². The molecule has 0 bridgehead atoms. The number of nitrogens with zero attached hydrogens (tertiary/aromatic N) is 1. The number of carbonyl (C=O) groups excluding carboxylic acids is 1. The second kappa shape index (κ2) is 5.68. The lowest BCUT2D eigenvalue weighted by Gasteiger charge is -2.25. The van der Waals surface area contributed by atoms with Crippen molar-refractivity contribution in [1.82, 2.24) is 4.98 Å². The van der Waals surface area contributed by atoms with E-state index in [2.05, 4.69) is 11.1 Å². The van der Waals surface area contributed by atoms with E-state index in [1.807, 2.05) is 38.1 Å². The van der Waals surface area contributed by atoms with Crippen LogP contribution in [0.5, 0.6) is 5.75 Å². The maximum Gasteiger partial charge on any atom is 0.182 e. The normalized spacial score (nSPS) is 17.0. The van der Waals surface area contributed by atoms with E-state index in [4.69, 9.17) is 4.74 Å². The molecule has 3 heteroatoms. The van der Waals surface area contributed by atoms with Crippen LogP contribution in [-0.4, -0.2) is 17.4 Å². The minimum Gasteiger partial charge on any atom is -0.493 e. The van der Waals surface area contributed by atoms with Gasteiger partial charge in [-0.3, -0.25) is 9.78 Å². The van der Waals surface area contributed by atoms with E-state index in [0.717, 1.165) is 28.9 Å². The third-order valence-electron chi connectivity index (χ3n) is 3.99. The Balaban J connectivity index is 1.83. The molecule has 0 fully saturated rings. The van der Waals surface area contributed by atoms with E-state index in [1.165, 1.54) is 0 Å². The third-order valence-corrected chi connectivity index (χ3v) is 3.99. The van der Waals surface area contributed by atoms with Crippen LogP contribution in [0.15, 0.2) is 36.5 Å². The summed E-state index contributed by atoms with van der Waals surface area (Å²) in [6, 6.07) is 10.0. The second-order valence-electron chi connectivity index (χ2n) is 5.68. The van der Waals surface area contributed by atoms with Crippen molar-refractivity contribution in [3.05, 3.63) is 58.9 Å². The molecule has 1 atom stereocenters. The standard InChI is InChI=1S/C18H19NO2/c1-12-9-13(2)18(19-11-12)16(20)10-14-7-8-21-17-6-4-3-5-15(14)17/h3-6,9,11,14H,7-8,10H2,1-2H3. The number of aromatic nitrogens is 1. The Labute approximate surface area is 125 Å². The SMILES string of the molecule is Cc1cnc(C(=O)CC2CCOc3ccccc32)c(C)c1. The fourth-order valence-electron chi connectivity index (χ4n) is 2.96. The zero-order valence-electron chi connectivity index (χ0n) is 12.4. The molecule has 0 amide bonds. The number of rotatable bonds is 3. The molecule has 0 radical (unpaired) electrons. The van der Waals surface area contributed by atoms with Crippen molar-refractivity contribution in [2.24, 2.45) is 0 Å². The van der Waals surface area contributed by atoms with Crippen LogP contribution in [0.25, 0.3) is 0 Å². The molecular formula is C18H19NO2. The predicted molar refractivity (Wildman–Crippen MR) is 82.0 cm³/mol. The Bertz CT molecular complexity index is 679. The average molecular weight is 281 g/mol. The highest BCUT2D eigenvalue weighted by atomic mass is 16.5. The monoisotopic (exact) mass is 281 g/mol. The van der Waals surface area contributed by atoms with Gasteiger partial charge in [0.1, 0.15) is 11.4 Å². The number of aryl methyl sites for hydroxylation is 2. The lowest BCUT2D eigenvalue weighted by atomic mass is 9.87. The second-order valence-corrected chi connectivity index (χ2v) is 5.68. The van der Waals surface area contributed by atoms with E-state index in [0.29, 0.717) is 18.7 Å². The van der Waals surface area contributed by atoms with Crippen LogP contribution in [-0.2, 0) is 0 Å². The van der Waals surface area contributed by atoms with Gasteiger partial charge in [-0.25, -0.2) is 0 Å². The molecule has 3 nitrogen and oxygen atoms in total. The van der Waals surface area contributed by atoms with Gasteiger partial charge in [-0.05, 0) is 48.9 Å². The smallest absolute Gasteiger partial charge is 0.182 e. The number of Topliss-reactive ketones (excluding diaryl/α,β-unsaturated/α-hetero) is 1. The van der Waals surface area contributed by atoms with Gasteiger partial charge in [-0.15, -0.1) is 0 Å². The summed E-state index contributed by atoms with van der Waals surface area (Å²) in [5.74, 6) is 1.26. The van der Waals surface area contributed by atoms with E-state index >= 15 is 0 Å². The molecule has 108 valence electrons. The Morgan fingerprint density at radius 2 is 2.14 bits per heavy atom. The third kappa shape index (κ3) is 2.82. The van der Waals surface area contributed by atoms with Crippen molar-refractivity contribution in [1.29, 1.82) is 0 Å². The minimum absolute atomic E-state index is 0.120. The Kier molecular flexibility index (Phi) is 3.74. The quantitative estimate of drug-likeness (QED) is 0.802. The zero-order chi connectivity index (χ0) is 14.8. The highest BCUT2D eigenvalue weighted by molar-refractivity contribution is 5.96. The molecule has 0 saturated heterocycles. The number of benzene rings is 1. The molecule has 1 unspecified atom stereocenters. The molecule has 21 heavy (non-hydrogen) atoms. The number of carbonyl (C=O) groups is 1. The first-order valence-electron chi connectivity index (χ1n) is 7.33. The number of fused-ring (bicyclic) bond motifs is 1. The molecule has 0 N–H and O–H groups in total. The topological polar surface area (TPSA) is 39.2 Å². The van der Waals surface area contributed by atoms with Crippen molar-refractivity contribution in [2.45, 2.75) is 32.6 Å². The highest BCUT2D eigenvalue weighted by Crippen LogP contribution is 2.36. The molecule has 0 spiro atoms. The molecule has 2 aromatic rings. The summed E-state index contributed by atoms with van der Waals surface area (Å²) in [4.78, 5) is 16.9. The first-order chi connectivity index (χ1) is 10.1. The largest absolute Gasteiger partial charge is 0.493 e. The molecule has 2 heterocycles. The maximum absolute atomic E-state index is 12.6. The van der Waals surface area contributed by atoms with Crippen molar-refractivity contribution in [3.8, 4) is 5.75 Å². The van der Waals surface area contributed by atoms with E-state index in [1.54, 1.807) is 6.20 Å².